The molecule has 0 aromatic heterocycles. The Morgan fingerprint density at radius 1 is 1.18 bits per heavy atom. The third-order valence-electron chi connectivity index (χ3n) is 6.36. The average Bonchev–Trinajstić information content (AvgIpc) is 2.73. The van der Waals surface area contributed by atoms with Gasteiger partial charge < -0.3 is 14.4 Å². The first-order valence-electron chi connectivity index (χ1n) is 11.6. The lowest BCUT2D eigenvalue weighted by molar-refractivity contribution is -0.156. The van der Waals surface area contributed by atoms with Gasteiger partial charge in [0.1, 0.15) is 29.8 Å². The van der Waals surface area contributed by atoms with Crippen molar-refractivity contribution >= 4 is 23.5 Å². The van der Waals surface area contributed by atoms with Gasteiger partial charge in [0, 0.05) is 12.0 Å². The van der Waals surface area contributed by atoms with Crippen LogP contribution in [0.25, 0.3) is 0 Å². The lowest BCUT2D eigenvalue weighted by atomic mass is 9.87. The van der Waals surface area contributed by atoms with Crippen LogP contribution in [0.4, 0.5) is 10.1 Å². The van der Waals surface area contributed by atoms with E-state index in [4.69, 9.17) is 9.47 Å². The third kappa shape index (κ3) is 5.29. The normalized spacial score (nSPS) is 22.4. The number of hydrogen-bond acceptors (Lipinski definition) is 7. The molecule has 8 nitrogen and oxygen atoms in total. The molecule has 2 saturated heterocycles. The number of ether oxygens (including phenoxy) is 2. The van der Waals surface area contributed by atoms with Crippen molar-refractivity contribution < 1.29 is 28.2 Å². The van der Waals surface area contributed by atoms with Crippen LogP contribution in [0.2, 0.25) is 0 Å². The highest BCUT2D eigenvalue weighted by molar-refractivity contribution is 6.02. The first kappa shape index (κ1) is 23.5. The summed E-state index contributed by atoms with van der Waals surface area (Å²) in [4.78, 5) is 40.1. The van der Waals surface area contributed by atoms with Gasteiger partial charge in [0.2, 0.25) is 11.8 Å². The Bertz CT molecular complexity index is 937. The van der Waals surface area contributed by atoms with Crippen molar-refractivity contribution in [2.45, 2.75) is 64.0 Å². The first-order valence-corrected chi connectivity index (χ1v) is 11.6. The minimum atomic E-state index is -0.520. The van der Waals surface area contributed by atoms with E-state index in [1.54, 1.807) is 6.07 Å². The molecule has 33 heavy (non-hydrogen) atoms. The number of anilines is 1. The Kier molecular flexibility index (Phi) is 6.61. The molecule has 1 aromatic carbocycles. The fourth-order valence-electron chi connectivity index (χ4n) is 4.93. The van der Waals surface area contributed by atoms with Gasteiger partial charge in [-0.3, -0.25) is 24.6 Å². The molecule has 1 unspecified atom stereocenters. The summed E-state index contributed by atoms with van der Waals surface area (Å²) in [5.74, 6) is -0.701. The van der Waals surface area contributed by atoms with E-state index in [0.29, 0.717) is 62.5 Å². The Hall–Kier alpha value is -2.68. The number of fused-ring (bicyclic) bond motifs is 1. The standard InChI is InChI=1S/C24H32FN3O5/c1-24(2,3)33-20(30)14-27-10-8-15(9-11-27)21-16(25)4-5-17-22(21)32-13-12-28(17)18-6-7-19(29)26-23(18)31/h4-5,15,18H,6-14H2,1-3H3,(H,26,29,31). The quantitative estimate of drug-likeness (QED) is 0.544. The molecule has 2 fully saturated rings. The summed E-state index contributed by atoms with van der Waals surface area (Å²) in [6.07, 6.45) is 2.10. The number of nitrogens with zero attached hydrogens (tertiary/aromatic N) is 2. The zero-order chi connectivity index (χ0) is 23.8. The van der Waals surface area contributed by atoms with Crippen LogP contribution in [0.3, 0.4) is 0 Å². The average molecular weight is 462 g/mol. The molecule has 3 aliphatic rings. The first-order chi connectivity index (χ1) is 15.6. The van der Waals surface area contributed by atoms with Gasteiger partial charge >= 0.3 is 5.97 Å². The van der Waals surface area contributed by atoms with E-state index in [-0.39, 0.29) is 42.5 Å². The van der Waals surface area contributed by atoms with Crippen LogP contribution >= 0.6 is 0 Å². The van der Waals surface area contributed by atoms with Crippen molar-refractivity contribution in [3.8, 4) is 5.75 Å². The zero-order valence-electron chi connectivity index (χ0n) is 19.5. The number of amides is 2. The number of nitrogens with one attached hydrogen (secondary N) is 1. The van der Waals surface area contributed by atoms with Crippen LogP contribution in [0.1, 0.15) is 57.9 Å². The van der Waals surface area contributed by atoms with Crippen LogP contribution in [-0.4, -0.2) is 67.1 Å². The van der Waals surface area contributed by atoms with Gasteiger partial charge in [-0.05, 0) is 71.2 Å². The summed E-state index contributed by atoms with van der Waals surface area (Å²) in [5.41, 5.74) is 0.720. The maximum Gasteiger partial charge on any atom is 0.320 e. The topological polar surface area (TPSA) is 88.2 Å². The largest absolute Gasteiger partial charge is 0.489 e. The van der Waals surface area contributed by atoms with Crippen molar-refractivity contribution in [2.24, 2.45) is 0 Å². The van der Waals surface area contributed by atoms with Gasteiger partial charge in [-0.25, -0.2) is 4.39 Å². The maximum absolute atomic E-state index is 15.0. The molecule has 1 atom stereocenters. The number of likely N-dealkylation sites (tertiary alicyclic amines) is 1. The smallest absolute Gasteiger partial charge is 0.320 e. The second-order valence-electron chi connectivity index (χ2n) is 9.95. The van der Waals surface area contributed by atoms with Gasteiger partial charge in [-0.1, -0.05) is 0 Å². The number of hydrogen-bond donors (Lipinski definition) is 1. The molecule has 0 saturated carbocycles. The molecule has 1 aromatic rings. The summed E-state index contributed by atoms with van der Waals surface area (Å²) < 4.78 is 26.4. The zero-order valence-corrected chi connectivity index (χ0v) is 19.5. The second kappa shape index (κ2) is 9.29. The number of carbonyl (C=O) groups is 3. The molecular weight excluding hydrogens is 429 g/mol. The van der Waals surface area contributed by atoms with Crippen molar-refractivity contribution in [3.05, 3.63) is 23.5 Å². The molecule has 0 aliphatic carbocycles. The Labute approximate surface area is 193 Å². The summed E-state index contributed by atoms with van der Waals surface area (Å²) >= 11 is 0. The third-order valence-corrected chi connectivity index (χ3v) is 6.36. The van der Waals surface area contributed by atoms with Crippen molar-refractivity contribution in [3.63, 3.8) is 0 Å². The van der Waals surface area contributed by atoms with Gasteiger partial charge in [0.15, 0.2) is 0 Å². The SMILES string of the molecule is CC(C)(C)OC(=O)CN1CCC(c2c(F)ccc3c2OCCN3C2CCC(=O)NC2=O)CC1. The summed E-state index contributed by atoms with van der Waals surface area (Å²) in [6, 6.07) is 2.63. The fraction of sp³-hybridized carbons (Fsp3) is 0.625. The van der Waals surface area contributed by atoms with Crippen LogP contribution in [0, 0.1) is 5.82 Å². The fourth-order valence-corrected chi connectivity index (χ4v) is 4.93. The van der Waals surface area contributed by atoms with Crippen LogP contribution in [0.5, 0.6) is 5.75 Å². The maximum atomic E-state index is 15.0. The van der Waals surface area contributed by atoms with Gasteiger partial charge in [-0.15, -0.1) is 0 Å². The molecule has 180 valence electrons. The van der Waals surface area contributed by atoms with Gasteiger partial charge in [0.05, 0.1) is 18.8 Å². The number of halogens is 1. The lowest BCUT2D eigenvalue weighted by Crippen LogP contribution is -2.54. The number of benzene rings is 1. The van der Waals surface area contributed by atoms with E-state index >= 15 is 4.39 Å². The number of esters is 1. The number of carbonyl (C=O) groups excluding carboxylic acids is 3. The minimum Gasteiger partial charge on any atom is -0.489 e. The predicted octanol–water partition coefficient (Wildman–Crippen LogP) is 2.35. The van der Waals surface area contributed by atoms with Gasteiger partial charge in [-0.2, -0.15) is 0 Å². The molecule has 3 heterocycles. The van der Waals surface area contributed by atoms with Crippen molar-refractivity contribution in [1.29, 1.82) is 0 Å². The molecular formula is C24H32FN3O5. The second-order valence-corrected chi connectivity index (χ2v) is 9.95. The molecule has 0 spiro atoms. The van der Waals surface area contributed by atoms with Crippen molar-refractivity contribution in [2.75, 3.05) is 37.7 Å². The molecule has 2 amide bonds. The van der Waals surface area contributed by atoms with E-state index in [1.165, 1.54) is 6.07 Å². The van der Waals surface area contributed by atoms with E-state index in [0.717, 1.165) is 0 Å². The molecule has 9 heteroatoms. The summed E-state index contributed by atoms with van der Waals surface area (Å²) in [5, 5.41) is 2.40. The summed E-state index contributed by atoms with van der Waals surface area (Å²) in [7, 11) is 0. The molecule has 1 N–H and O–H groups in total. The van der Waals surface area contributed by atoms with Crippen LogP contribution < -0.4 is 15.0 Å². The molecule has 4 rings (SSSR count). The Balaban J connectivity index is 1.48. The predicted molar refractivity (Wildman–Crippen MR) is 120 cm³/mol. The highest BCUT2D eigenvalue weighted by Crippen LogP contribution is 2.44. The van der Waals surface area contributed by atoms with E-state index in [1.807, 2.05) is 30.6 Å². The Morgan fingerprint density at radius 2 is 1.91 bits per heavy atom. The van der Waals surface area contributed by atoms with Gasteiger partial charge in [0.25, 0.3) is 0 Å². The molecule has 0 bridgehead atoms. The highest BCUT2D eigenvalue weighted by atomic mass is 19.1. The number of rotatable bonds is 4. The van der Waals surface area contributed by atoms with Crippen LogP contribution in [0.15, 0.2) is 12.1 Å². The lowest BCUT2D eigenvalue weighted by Gasteiger charge is -2.40. The molecule has 3 aliphatic heterocycles. The summed E-state index contributed by atoms with van der Waals surface area (Å²) in [6.45, 7) is 7.91. The monoisotopic (exact) mass is 461 g/mol. The van der Waals surface area contributed by atoms with Crippen LogP contribution in [-0.2, 0) is 19.1 Å². The number of piperidine rings is 2. The van der Waals surface area contributed by atoms with E-state index in [2.05, 4.69) is 5.32 Å². The highest BCUT2D eigenvalue weighted by Gasteiger charge is 2.37. The minimum absolute atomic E-state index is 0.0449. The number of imide groups is 1. The Morgan fingerprint density at radius 3 is 2.58 bits per heavy atom. The molecule has 0 radical (unpaired) electrons. The van der Waals surface area contributed by atoms with E-state index in [9.17, 15) is 14.4 Å². The van der Waals surface area contributed by atoms with Crippen molar-refractivity contribution in [1.82, 2.24) is 10.2 Å². The van der Waals surface area contributed by atoms with E-state index < -0.39 is 11.6 Å².